The van der Waals surface area contributed by atoms with Crippen molar-refractivity contribution in [3.05, 3.63) is 29.8 Å². The predicted molar refractivity (Wildman–Crippen MR) is 79.4 cm³/mol. The molecular formula is C16H21N3O. The quantitative estimate of drug-likeness (QED) is 0.919. The highest BCUT2D eigenvalue weighted by atomic mass is 16.1. The molecule has 1 aliphatic rings. The van der Waals surface area contributed by atoms with E-state index in [-0.39, 0.29) is 17.7 Å². The largest absolute Gasteiger partial charge is 0.325 e. The SMILES string of the molecule is CN1CCC(C)(c2ccc(NC(=O)CC#N)cc2)CC1. The summed E-state index contributed by atoms with van der Waals surface area (Å²) in [5, 5.41) is 11.2. The lowest BCUT2D eigenvalue weighted by Crippen LogP contribution is -2.38. The summed E-state index contributed by atoms with van der Waals surface area (Å²) in [6, 6.07) is 9.87. The molecule has 0 bridgehead atoms. The van der Waals surface area contributed by atoms with Crippen LogP contribution in [0.5, 0.6) is 0 Å². The lowest BCUT2D eigenvalue weighted by molar-refractivity contribution is -0.115. The topological polar surface area (TPSA) is 56.1 Å². The van der Waals surface area contributed by atoms with Crippen LogP contribution in [0, 0.1) is 11.3 Å². The summed E-state index contributed by atoms with van der Waals surface area (Å²) in [6.45, 7) is 4.55. The molecule has 20 heavy (non-hydrogen) atoms. The summed E-state index contributed by atoms with van der Waals surface area (Å²) in [4.78, 5) is 13.7. The Balaban J connectivity index is 2.04. The fourth-order valence-electron chi connectivity index (χ4n) is 2.63. The number of rotatable bonds is 3. The second-order valence-corrected chi connectivity index (χ2v) is 5.82. The smallest absolute Gasteiger partial charge is 0.238 e. The zero-order valence-electron chi connectivity index (χ0n) is 12.1. The summed E-state index contributed by atoms with van der Waals surface area (Å²) < 4.78 is 0. The maximum atomic E-state index is 11.4. The number of anilines is 1. The monoisotopic (exact) mass is 271 g/mol. The molecule has 1 aromatic carbocycles. The van der Waals surface area contributed by atoms with Crippen LogP contribution in [-0.4, -0.2) is 30.9 Å². The van der Waals surface area contributed by atoms with Crippen LogP contribution in [0.4, 0.5) is 5.69 Å². The summed E-state index contributed by atoms with van der Waals surface area (Å²) in [5.41, 5.74) is 2.30. The Morgan fingerprint density at radius 2 is 1.95 bits per heavy atom. The number of amides is 1. The summed E-state index contributed by atoms with van der Waals surface area (Å²) in [7, 11) is 2.16. The Hall–Kier alpha value is -1.86. The number of hydrogen-bond acceptors (Lipinski definition) is 3. The molecule has 0 aromatic heterocycles. The van der Waals surface area contributed by atoms with Crippen LogP contribution in [0.1, 0.15) is 31.7 Å². The van der Waals surface area contributed by atoms with Crippen LogP contribution < -0.4 is 5.32 Å². The van der Waals surface area contributed by atoms with Crippen LogP contribution in [0.15, 0.2) is 24.3 Å². The first-order chi connectivity index (χ1) is 9.53. The first-order valence-electron chi connectivity index (χ1n) is 6.99. The molecule has 0 unspecified atom stereocenters. The molecule has 106 valence electrons. The van der Waals surface area contributed by atoms with Crippen LogP contribution in [-0.2, 0) is 10.2 Å². The first kappa shape index (κ1) is 14.5. The van der Waals surface area contributed by atoms with Crippen molar-refractivity contribution in [1.82, 2.24) is 4.90 Å². The van der Waals surface area contributed by atoms with Gasteiger partial charge >= 0.3 is 0 Å². The molecule has 1 aromatic rings. The Morgan fingerprint density at radius 1 is 1.35 bits per heavy atom. The molecular weight excluding hydrogens is 250 g/mol. The average molecular weight is 271 g/mol. The van der Waals surface area contributed by atoms with Gasteiger partial charge in [0, 0.05) is 5.69 Å². The van der Waals surface area contributed by atoms with Crippen molar-refractivity contribution in [3.63, 3.8) is 0 Å². The number of hydrogen-bond donors (Lipinski definition) is 1. The third-order valence-electron chi connectivity index (χ3n) is 4.20. The second-order valence-electron chi connectivity index (χ2n) is 5.82. The Labute approximate surface area is 120 Å². The molecule has 1 fully saturated rings. The van der Waals surface area contributed by atoms with Crippen LogP contribution in [0.3, 0.4) is 0 Å². The number of nitriles is 1. The summed E-state index contributed by atoms with van der Waals surface area (Å²) in [5.74, 6) is -0.259. The molecule has 1 N–H and O–H groups in total. The highest BCUT2D eigenvalue weighted by molar-refractivity contribution is 5.92. The molecule has 1 amide bonds. The number of likely N-dealkylation sites (tertiary alicyclic amines) is 1. The van der Waals surface area contributed by atoms with Gasteiger partial charge < -0.3 is 10.2 Å². The van der Waals surface area contributed by atoms with Gasteiger partial charge in [-0.2, -0.15) is 5.26 Å². The molecule has 4 nitrogen and oxygen atoms in total. The fraction of sp³-hybridized carbons (Fsp3) is 0.500. The third kappa shape index (κ3) is 3.37. The van der Waals surface area contributed by atoms with Gasteiger partial charge in [0.1, 0.15) is 6.42 Å². The molecule has 4 heteroatoms. The molecule has 1 aliphatic heterocycles. The molecule has 0 atom stereocenters. The zero-order valence-corrected chi connectivity index (χ0v) is 12.1. The summed E-state index contributed by atoms with van der Waals surface area (Å²) >= 11 is 0. The molecule has 0 spiro atoms. The number of carbonyl (C=O) groups is 1. The maximum Gasteiger partial charge on any atom is 0.238 e. The number of carbonyl (C=O) groups excluding carboxylic acids is 1. The molecule has 2 rings (SSSR count). The van der Waals surface area contributed by atoms with E-state index in [0.29, 0.717) is 0 Å². The van der Waals surface area contributed by atoms with Crippen LogP contribution in [0.2, 0.25) is 0 Å². The molecule has 0 aliphatic carbocycles. The minimum atomic E-state index is -0.259. The molecule has 1 saturated heterocycles. The van der Waals surface area contributed by atoms with Crippen molar-refractivity contribution >= 4 is 11.6 Å². The lowest BCUT2D eigenvalue weighted by atomic mass is 9.74. The van der Waals surface area contributed by atoms with Gasteiger partial charge in [0.15, 0.2) is 0 Å². The Bertz CT molecular complexity index is 508. The van der Waals surface area contributed by atoms with E-state index < -0.39 is 0 Å². The van der Waals surface area contributed by atoms with Crippen molar-refractivity contribution in [2.24, 2.45) is 0 Å². The van der Waals surface area contributed by atoms with E-state index >= 15 is 0 Å². The second kappa shape index (κ2) is 6.06. The summed E-state index contributed by atoms with van der Waals surface area (Å²) in [6.07, 6.45) is 2.21. The van der Waals surface area contributed by atoms with Crippen molar-refractivity contribution in [3.8, 4) is 6.07 Å². The highest BCUT2D eigenvalue weighted by Gasteiger charge is 2.30. The van der Waals surface area contributed by atoms with Crippen molar-refractivity contribution in [1.29, 1.82) is 5.26 Å². The van der Waals surface area contributed by atoms with Gasteiger partial charge in [0.25, 0.3) is 0 Å². The maximum absolute atomic E-state index is 11.4. The van der Waals surface area contributed by atoms with Gasteiger partial charge in [0.2, 0.25) is 5.91 Å². The number of nitrogens with one attached hydrogen (secondary N) is 1. The van der Waals surface area contributed by atoms with Gasteiger partial charge in [-0.1, -0.05) is 19.1 Å². The van der Waals surface area contributed by atoms with Gasteiger partial charge in [-0.05, 0) is 56.1 Å². The van der Waals surface area contributed by atoms with Crippen LogP contribution >= 0.6 is 0 Å². The van der Waals surface area contributed by atoms with Gasteiger partial charge in [-0.15, -0.1) is 0 Å². The van der Waals surface area contributed by atoms with Crippen molar-refractivity contribution in [2.75, 3.05) is 25.5 Å². The average Bonchev–Trinajstić information content (AvgIpc) is 2.43. The van der Waals surface area contributed by atoms with Gasteiger partial charge in [0.05, 0.1) is 6.07 Å². The lowest BCUT2D eigenvalue weighted by Gasteiger charge is -2.38. The highest BCUT2D eigenvalue weighted by Crippen LogP contribution is 2.35. The van der Waals surface area contributed by atoms with E-state index in [2.05, 4.69) is 36.3 Å². The van der Waals surface area contributed by atoms with Crippen molar-refractivity contribution in [2.45, 2.75) is 31.6 Å². The standard InChI is InChI=1S/C16H21N3O/c1-16(8-11-19(2)12-9-16)13-3-5-14(6-4-13)18-15(20)7-10-17/h3-6H,7-9,11-12H2,1-2H3,(H,18,20). The van der Waals surface area contributed by atoms with E-state index in [1.807, 2.05) is 18.2 Å². The normalized spacial score (nSPS) is 18.2. The minimum absolute atomic E-state index is 0.105. The number of piperidine rings is 1. The predicted octanol–water partition coefficient (Wildman–Crippen LogP) is 2.52. The fourth-order valence-corrected chi connectivity index (χ4v) is 2.63. The van der Waals surface area contributed by atoms with Gasteiger partial charge in [-0.25, -0.2) is 0 Å². The van der Waals surface area contributed by atoms with Crippen LogP contribution in [0.25, 0.3) is 0 Å². The number of benzene rings is 1. The van der Waals surface area contributed by atoms with E-state index in [0.717, 1.165) is 31.6 Å². The van der Waals surface area contributed by atoms with Crippen molar-refractivity contribution < 1.29 is 4.79 Å². The molecule has 0 saturated carbocycles. The Kier molecular flexibility index (Phi) is 4.41. The van der Waals surface area contributed by atoms with E-state index in [9.17, 15) is 4.79 Å². The van der Waals surface area contributed by atoms with Gasteiger partial charge in [-0.3, -0.25) is 4.79 Å². The van der Waals surface area contributed by atoms with E-state index in [1.165, 1.54) is 5.56 Å². The third-order valence-corrected chi connectivity index (χ3v) is 4.20. The molecule has 1 heterocycles. The Morgan fingerprint density at radius 3 is 2.50 bits per heavy atom. The first-order valence-corrected chi connectivity index (χ1v) is 6.99. The molecule has 0 radical (unpaired) electrons. The number of nitrogens with zero attached hydrogens (tertiary/aromatic N) is 2. The zero-order chi connectivity index (χ0) is 14.6. The minimum Gasteiger partial charge on any atom is -0.325 e. The van der Waals surface area contributed by atoms with E-state index in [1.54, 1.807) is 0 Å². The van der Waals surface area contributed by atoms with E-state index in [4.69, 9.17) is 5.26 Å².